The van der Waals surface area contributed by atoms with Crippen molar-refractivity contribution in [3.05, 3.63) is 150 Å². The Labute approximate surface area is 358 Å². The summed E-state index contributed by atoms with van der Waals surface area (Å²) >= 11 is 8.06. The maximum absolute atomic E-state index is 2.41. The van der Waals surface area contributed by atoms with E-state index < -0.39 is 0 Å². The predicted molar refractivity (Wildman–Crippen MR) is 225 cm³/mol. The first kappa shape index (κ1) is 46.4. The number of hydrogen-bond donors (Lipinski definition) is 0. The molecule has 0 atom stereocenters. The van der Waals surface area contributed by atoms with Crippen LogP contribution in [0.1, 0.15) is 90.2 Å². The molecule has 0 saturated heterocycles. The van der Waals surface area contributed by atoms with Gasteiger partial charge >= 0.3 is 26.2 Å². The van der Waals surface area contributed by atoms with E-state index in [1.165, 1.54) is 139 Å². The molecular formula is C44H52Cl2S4Zr. The van der Waals surface area contributed by atoms with E-state index in [0.29, 0.717) is 0 Å². The van der Waals surface area contributed by atoms with E-state index in [9.17, 15) is 0 Å². The van der Waals surface area contributed by atoms with Gasteiger partial charge < -0.3 is 24.8 Å². The summed E-state index contributed by atoms with van der Waals surface area (Å²) in [5.74, 6) is 4.88. The Bertz CT molecular complexity index is 1520. The standard InChI is InChI=1S/2C22H26S2.2ClH.Zr/c2*1-3-5-12-23-18-14-20-19(17-10-8-7-9-11-17)16-22(21(20)15-18)24-13-6-4-2;;;/h2*7-11,14-16H,3-6,12-13H2,1-2H3;2*1H;/q;;;;+2/p-2. The number of benzene rings is 2. The van der Waals surface area contributed by atoms with Crippen molar-refractivity contribution >= 4 is 58.2 Å². The molecule has 4 aliphatic carbocycles. The van der Waals surface area contributed by atoms with Crippen LogP contribution in [0, 0.1) is 0 Å². The molecule has 0 unspecified atom stereocenters. The van der Waals surface area contributed by atoms with Crippen molar-refractivity contribution < 1.29 is 51.0 Å². The summed E-state index contributed by atoms with van der Waals surface area (Å²) < 4.78 is 0. The molecular weight excluding hydrogens is 819 g/mol. The van der Waals surface area contributed by atoms with Gasteiger partial charge in [-0.1, -0.05) is 114 Å². The minimum atomic E-state index is 0. The van der Waals surface area contributed by atoms with Crippen molar-refractivity contribution in [2.24, 2.45) is 0 Å². The zero-order chi connectivity index (χ0) is 33.6. The number of rotatable bonds is 18. The monoisotopic (exact) mass is 868 g/mol. The van der Waals surface area contributed by atoms with Crippen LogP contribution in [0.3, 0.4) is 0 Å². The second-order valence-corrected chi connectivity index (χ2v) is 17.0. The van der Waals surface area contributed by atoms with E-state index in [1.54, 1.807) is 0 Å². The van der Waals surface area contributed by atoms with Gasteiger partial charge in [0.05, 0.1) is 0 Å². The second kappa shape index (κ2) is 25.3. The molecule has 0 fully saturated rings. The normalized spacial score (nSPS) is 15.2. The van der Waals surface area contributed by atoms with Crippen LogP contribution in [0.5, 0.6) is 0 Å². The molecule has 0 nitrogen and oxygen atoms in total. The second-order valence-electron chi connectivity index (χ2n) is 12.4. The third-order valence-electron chi connectivity index (χ3n) is 8.60. The molecule has 0 N–H and O–H groups in total. The van der Waals surface area contributed by atoms with Crippen LogP contribution >= 0.6 is 47.0 Å². The molecule has 4 aliphatic rings. The van der Waals surface area contributed by atoms with Crippen LogP contribution in [-0.2, 0) is 26.2 Å². The summed E-state index contributed by atoms with van der Waals surface area (Å²) in [5.41, 5.74) is 11.2. The van der Waals surface area contributed by atoms with Crippen molar-refractivity contribution in [3.8, 4) is 0 Å². The molecule has 2 aromatic rings. The molecule has 6 rings (SSSR count). The first-order valence-corrected chi connectivity index (χ1v) is 22.0. The molecule has 270 valence electrons. The molecule has 0 bridgehead atoms. The summed E-state index contributed by atoms with van der Waals surface area (Å²) in [6.07, 6.45) is 24.7. The van der Waals surface area contributed by atoms with Crippen LogP contribution in [0.25, 0.3) is 11.1 Å². The van der Waals surface area contributed by atoms with E-state index in [-0.39, 0.29) is 51.0 Å². The predicted octanol–water partition coefficient (Wildman–Crippen LogP) is 8.46. The van der Waals surface area contributed by atoms with Gasteiger partial charge in [0, 0.05) is 19.6 Å². The summed E-state index contributed by atoms with van der Waals surface area (Å²) in [5, 5.41) is 0. The molecule has 0 heterocycles. The molecule has 7 heteroatoms. The zero-order valence-electron chi connectivity index (χ0n) is 30.6. The third-order valence-corrected chi connectivity index (χ3v) is 13.0. The van der Waals surface area contributed by atoms with Crippen LogP contribution in [0.15, 0.2) is 139 Å². The fourth-order valence-corrected chi connectivity index (χ4v) is 10.3. The number of halogens is 2. The molecule has 51 heavy (non-hydrogen) atoms. The van der Waals surface area contributed by atoms with Crippen molar-refractivity contribution in [2.75, 3.05) is 23.0 Å². The van der Waals surface area contributed by atoms with Crippen molar-refractivity contribution in [2.45, 2.75) is 79.1 Å². The number of unbranched alkanes of at least 4 members (excludes halogenated alkanes) is 4. The van der Waals surface area contributed by atoms with E-state index in [1.807, 2.05) is 47.0 Å². The molecule has 0 saturated carbocycles. The summed E-state index contributed by atoms with van der Waals surface area (Å²) in [6.45, 7) is 9.05. The first-order chi connectivity index (χ1) is 23.7. The van der Waals surface area contributed by atoms with Crippen LogP contribution in [-0.4, -0.2) is 23.0 Å². The number of hydrogen-bond acceptors (Lipinski definition) is 4. The maximum Gasteiger partial charge on any atom is 2.00 e. The number of fused-ring (bicyclic) bond motifs is 2. The van der Waals surface area contributed by atoms with E-state index >= 15 is 0 Å². The maximum atomic E-state index is 2.41. The number of thioether (sulfide) groups is 4. The largest absolute Gasteiger partial charge is 2.00 e. The average molecular weight is 871 g/mol. The molecule has 0 aromatic heterocycles. The van der Waals surface area contributed by atoms with Gasteiger partial charge in [0.1, 0.15) is 0 Å². The van der Waals surface area contributed by atoms with Gasteiger partial charge in [-0.05, 0) is 130 Å². The average Bonchev–Trinajstić information content (AvgIpc) is 3.88. The Hall–Kier alpha value is -0.777. The Kier molecular flexibility index (Phi) is 23.0. The van der Waals surface area contributed by atoms with E-state index in [2.05, 4.69) is 125 Å². The van der Waals surface area contributed by atoms with Gasteiger partial charge in [0.15, 0.2) is 0 Å². The minimum Gasteiger partial charge on any atom is -1.00 e. The van der Waals surface area contributed by atoms with Gasteiger partial charge in [-0.25, -0.2) is 0 Å². The molecule has 0 spiro atoms. The quantitative estimate of drug-likeness (QED) is 0.138. The Morgan fingerprint density at radius 2 is 0.725 bits per heavy atom. The van der Waals surface area contributed by atoms with Crippen LogP contribution in [0.2, 0.25) is 0 Å². The Balaban J connectivity index is 0.000000334. The molecule has 0 radical (unpaired) electrons. The van der Waals surface area contributed by atoms with E-state index in [4.69, 9.17) is 0 Å². The molecule has 0 amide bonds. The summed E-state index contributed by atoms with van der Waals surface area (Å²) in [7, 11) is 0. The summed E-state index contributed by atoms with van der Waals surface area (Å²) in [6, 6.07) is 21.7. The van der Waals surface area contributed by atoms with Gasteiger partial charge in [-0.2, -0.15) is 0 Å². The molecule has 2 aromatic carbocycles. The van der Waals surface area contributed by atoms with E-state index in [0.717, 1.165) is 0 Å². The van der Waals surface area contributed by atoms with Crippen LogP contribution < -0.4 is 24.8 Å². The summed E-state index contributed by atoms with van der Waals surface area (Å²) in [4.78, 5) is 5.78. The van der Waals surface area contributed by atoms with Crippen molar-refractivity contribution in [3.63, 3.8) is 0 Å². The first-order valence-electron chi connectivity index (χ1n) is 18.1. The zero-order valence-corrected chi connectivity index (χ0v) is 37.8. The smallest absolute Gasteiger partial charge is 1.00 e. The Morgan fingerprint density at radius 1 is 0.392 bits per heavy atom. The van der Waals surface area contributed by atoms with Crippen molar-refractivity contribution in [1.82, 2.24) is 0 Å². The van der Waals surface area contributed by atoms with Gasteiger partial charge in [0.25, 0.3) is 0 Å². The fraction of sp³-hybridized carbons (Fsp3) is 0.364. The Morgan fingerprint density at radius 3 is 1.06 bits per heavy atom. The molecule has 0 aliphatic heterocycles. The third kappa shape index (κ3) is 13.2. The van der Waals surface area contributed by atoms with Crippen LogP contribution in [0.4, 0.5) is 0 Å². The fourth-order valence-electron chi connectivity index (χ4n) is 5.83. The minimum absolute atomic E-state index is 0. The van der Waals surface area contributed by atoms with Crippen molar-refractivity contribution in [1.29, 1.82) is 0 Å². The van der Waals surface area contributed by atoms with Gasteiger partial charge in [-0.15, -0.1) is 47.0 Å². The topological polar surface area (TPSA) is 0 Å². The van der Waals surface area contributed by atoms with Gasteiger partial charge in [0.2, 0.25) is 0 Å². The van der Waals surface area contributed by atoms with Gasteiger partial charge in [-0.3, -0.25) is 0 Å². The number of allylic oxidation sites excluding steroid dienone is 12. The SMILES string of the molecule is CCCCSC1=CC2=C(c3ccccc3)C=C(SCCCC)C2=C1.CCCCSC1=CC2=C(c3ccccc3)C=C(SCCCC)C2=C1.[Cl-].[Cl-].[Zr+2].